The van der Waals surface area contributed by atoms with Gasteiger partial charge in [-0.1, -0.05) is 44.2 Å². The molecule has 0 atom stereocenters. The number of benzene rings is 2. The van der Waals surface area contributed by atoms with Gasteiger partial charge in [-0.05, 0) is 36.6 Å². The van der Waals surface area contributed by atoms with Gasteiger partial charge < -0.3 is 19.9 Å². The van der Waals surface area contributed by atoms with Crippen LogP contribution in [0.4, 0.5) is 10.5 Å². The fourth-order valence-electron chi connectivity index (χ4n) is 3.37. The van der Waals surface area contributed by atoms with E-state index >= 15 is 0 Å². The summed E-state index contributed by atoms with van der Waals surface area (Å²) in [5.74, 6) is -0.159. The molecule has 1 aliphatic heterocycles. The van der Waals surface area contributed by atoms with Gasteiger partial charge in [0.15, 0.2) is 0 Å². The molecule has 1 fully saturated rings. The van der Waals surface area contributed by atoms with Gasteiger partial charge in [-0.25, -0.2) is 4.79 Å². The summed E-state index contributed by atoms with van der Waals surface area (Å²) < 4.78 is 5.32. The summed E-state index contributed by atoms with van der Waals surface area (Å²) in [5, 5.41) is 2.85. The molecule has 0 spiro atoms. The second kappa shape index (κ2) is 10.6. The van der Waals surface area contributed by atoms with E-state index in [0.717, 1.165) is 0 Å². The van der Waals surface area contributed by atoms with Crippen molar-refractivity contribution < 1.29 is 19.1 Å². The summed E-state index contributed by atoms with van der Waals surface area (Å²) in [6.07, 6.45) is 0.333. The summed E-state index contributed by atoms with van der Waals surface area (Å²) in [7, 11) is 0. The predicted octanol–water partition coefficient (Wildman–Crippen LogP) is 3.88. The summed E-state index contributed by atoms with van der Waals surface area (Å²) >= 11 is 0. The van der Waals surface area contributed by atoms with E-state index in [0.29, 0.717) is 56.0 Å². The molecule has 3 rings (SSSR count). The van der Waals surface area contributed by atoms with Crippen molar-refractivity contribution >= 4 is 23.6 Å². The van der Waals surface area contributed by atoms with E-state index in [9.17, 15) is 14.4 Å². The molecule has 0 aliphatic carbocycles. The van der Waals surface area contributed by atoms with Gasteiger partial charge in [-0.15, -0.1) is 0 Å². The highest BCUT2D eigenvalue weighted by Crippen LogP contribution is 2.20. The van der Waals surface area contributed by atoms with Crippen LogP contribution in [0.15, 0.2) is 54.6 Å². The first-order valence-electron chi connectivity index (χ1n) is 10.6. The Bertz CT molecular complexity index is 914. The van der Waals surface area contributed by atoms with E-state index in [-0.39, 0.29) is 23.8 Å². The largest absolute Gasteiger partial charge is 0.449 e. The zero-order valence-electron chi connectivity index (χ0n) is 18.0. The molecule has 0 radical (unpaired) electrons. The van der Waals surface area contributed by atoms with Crippen molar-refractivity contribution in [2.45, 2.75) is 20.3 Å². The molecule has 1 heterocycles. The van der Waals surface area contributed by atoms with Crippen LogP contribution in [-0.2, 0) is 4.74 Å². The van der Waals surface area contributed by atoms with Crippen molar-refractivity contribution in [2.24, 2.45) is 5.92 Å². The highest BCUT2D eigenvalue weighted by Gasteiger charge is 2.25. The normalized spacial score (nSPS) is 14.2. The molecule has 2 aromatic rings. The lowest BCUT2D eigenvalue weighted by Crippen LogP contribution is -2.38. The van der Waals surface area contributed by atoms with Crippen LogP contribution in [0.1, 0.15) is 41.0 Å². The maximum absolute atomic E-state index is 13.2. The van der Waals surface area contributed by atoms with E-state index in [4.69, 9.17) is 4.74 Å². The molecule has 0 unspecified atom stereocenters. The second-order valence-electron chi connectivity index (χ2n) is 7.97. The lowest BCUT2D eigenvalue weighted by atomic mass is 10.1. The Morgan fingerprint density at radius 2 is 1.55 bits per heavy atom. The number of anilines is 1. The zero-order chi connectivity index (χ0) is 22.2. The summed E-state index contributed by atoms with van der Waals surface area (Å²) in [4.78, 5) is 41.4. The molecule has 1 saturated heterocycles. The van der Waals surface area contributed by atoms with Gasteiger partial charge in [0.1, 0.15) is 0 Å². The summed E-state index contributed by atoms with van der Waals surface area (Å²) in [6, 6.07) is 15.9. The van der Waals surface area contributed by atoms with Crippen molar-refractivity contribution in [3.05, 3.63) is 65.7 Å². The first-order chi connectivity index (χ1) is 15.0. The quantitative estimate of drug-likeness (QED) is 0.792. The van der Waals surface area contributed by atoms with Crippen LogP contribution in [0.5, 0.6) is 0 Å². The van der Waals surface area contributed by atoms with E-state index in [1.165, 1.54) is 0 Å². The molecule has 2 aromatic carbocycles. The SMILES string of the molecule is CC(C)COC(=O)N1CCCN(C(=O)c2ccccc2NC(=O)c2ccccc2)CC1. The molecule has 7 nitrogen and oxygen atoms in total. The molecule has 1 aliphatic rings. The van der Waals surface area contributed by atoms with Crippen LogP contribution in [0.3, 0.4) is 0 Å². The Hall–Kier alpha value is -3.35. The van der Waals surface area contributed by atoms with Gasteiger partial charge in [0.05, 0.1) is 17.9 Å². The predicted molar refractivity (Wildman–Crippen MR) is 119 cm³/mol. The number of rotatable bonds is 5. The van der Waals surface area contributed by atoms with E-state index in [2.05, 4.69) is 5.32 Å². The molecule has 1 N–H and O–H groups in total. The number of carbonyl (C=O) groups is 3. The van der Waals surface area contributed by atoms with E-state index < -0.39 is 0 Å². The van der Waals surface area contributed by atoms with Gasteiger partial charge in [-0.2, -0.15) is 0 Å². The Morgan fingerprint density at radius 1 is 0.903 bits per heavy atom. The number of hydrogen-bond acceptors (Lipinski definition) is 4. The van der Waals surface area contributed by atoms with Crippen molar-refractivity contribution in [1.29, 1.82) is 0 Å². The molecule has 3 amide bonds. The smallest absolute Gasteiger partial charge is 0.409 e. The van der Waals surface area contributed by atoms with E-state index in [1.54, 1.807) is 58.3 Å². The lowest BCUT2D eigenvalue weighted by Gasteiger charge is -2.23. The first kappa shape index (κ1) is 22.3. The van der Waals surface area contributed by atoms with Crippen molar-refractivity contribution in [3.63, 3.8) is 0 Å². The number of hydrogen-bond donors (Lipinski definition) is 1. The average Bonchev–Trinajstić information content (AvgIpc) is 3.04. The summed E-state index contributed by atoms with van der Waals surface area (Å²) in [6.45, 7) is 6.28. The standard InChI is InChI=1S/C24H29N3O4/c1-18(2)17-31-24(30)27-14-8-13-26(15-16-27)23(29)20-11-6-7-12-21(20)25-22(28)19-9-4-3-5-10-19/h3-7,9-12,18H,8,13-17H2,1-2H3,(H,25,28). The molecular weight excluding hydrogens is 394 g/mol. The van der Waals surface area contributed by atoms with Crippen LogP contribution in [0.25, 0.3) is 0 Å². The van der Waals surface area contributed by atoms with Gasteiger partial charge in [0.25, 0.3) is 11.8 Å². The third kappa shape index (κ3) is 6.07. The fourth-order valence-corrected chi connectivity index (χ4v) is 3.37. The molecule has 164 valence electrons. The Morgan fingerprint density at radius 3 is 2.29 bits per heavy atom. The average molecular weight is 424 g/mol. The minimum absolute atomic E-state index is 0.165. The van der Waals surface area contributed by atoms with Gasteiger partial charge in [-0.3, -0.25) is 9.59 Å². The monoisotopic (exact) mass is 423 g/mol. The number of ether oxygens (including phenoxy) is 1. The minimum atomic E-state index is -0.335. The number of para-hydroxylation sites is 1. The van der Waals surface area contributed by atoms with Crippen LogP contribution in [0.2, 0.25) is 0 Å². The number of carbonyl (C=O) groups excluding carboxylic acids is 3. The third-order valence-electron chi connectivity index (χ3n) is 5.02. The minimum Gasteiger partial charge on any atom is -0.449 e. The van der Waals surface area contributed by atoms with Gasteiger partial charge in [0.2, 0.25) is 0 Å². The second-order valence-corrected chi connectivity index (χ2v) is 7.97. The van der Waals surface area contributed by atoms with Crippen LogP contribution >= 0.6 is 0 Å². The molecule has 0 saturated carbocycles. The highest BCUT2D eigenvalue weighted by atomic mass is 16.6. The fraction of sp³-hybridized carbons (Fsp3) is 0.375. The highest BCUT2D eigenvalue weighted by molar-refractivity contribution is 6.09. The van der Waals surface area contributed by atoms with Crippen LogP contribution in [0, 0.1) is 5.92 Å². The Labute approximate surface area is 183 Å². The lowest BCUT2D eigenvalue weighted by molar-refractivity contribution is 0.0747. The van der Waals surface area contributed by atoms with Crippen LogP contribution < -0.4 is 5.32 Å². The molecular formula is C24H29N3O4. The molecule has 0 aromatic heterocycles. The maximum Gasteiger partial charge on any atom is 0.409 e. The molecule has 7 heteroatoms. The van der Waals surface area contributed by atoms with Gasteiger partial charge >= 0.3 is 6.09 Å². The third-order valence-corrected chi connectivity index (χ3v) is 5.02. The van der Waals surface area contributed by atoms with Crippen molar-refractivity contribution in [1.82, 2.24) is 9.80 Å². The topological polar surface area (TPSA) is 79.0 Å². The Kier molecular flexibility index (Phi) is 7.65. The molecule has 31 heavy (non-hydrogen) atoms. The number of nitrogens with zero attached hydrogens (tertiary/aromatic N) is 2. The Balaban J connectivity index is 1.66. The zero-order valence-corrected chi connectivity index (χ0v) is 18.0. The van der Waals surface area contributed by atoms with E-state index in [1.807, 2.05) is 19.9 Å². The first-order valence-corrected chi connectivity index (χ1v) is 10.6. The van der Waals surface area contributed by atoms with Crippen molar-refractivity contribution in [3.8, 4) is 0 Å². The maximum atomic E-state index is 13.2. The molecule has 0 bridgehead atoms. The summed E-state index contributed by atoms with van der Waals surface area (Å²) in [5.41, 5.74) is 1.43. The van der Waals surface area contributed by atoms with Gasteiger partial charge in [0, 0.05) is 31.7 Å². The number of amides is 3. The number of nitrogens with one attached hydrogen (secondary N) is 1. The van der Waals surface area contributed by atoms with Crippen molar-refractivity contribution in [2.75, 3.05) is 38.1 Å². The van der Waals surface area contributed by atoms with Crippen LogP contribution in [-0.4, -0.2) is 60.5 Å².